The Hall–Kier alpha value is -3.71. The van der Waals surface area contributed by atoms with Gasteiger partial charge in [0.1, 0.15) is 36.9 Å². The molecule has 0 amide bonds. The molecule has 0 spiro atoms. The van der Waals surface area contributed by atoms with Crippen LogP contribution in [0, 0.1) is 6.92 Å². The second kappa shape index (κ2) is 10.1. The van der Waals surface area contributed by atoms with Crippen molar-refractivity contribution in [1.29, 1.82) is 0 Å². The summed E-state index contributed by atoms with van der Waals surface area (Å²) >= 11 is 0. The number of aromatic nitrogens is 3. The third-order valence-corrected chi connectivity index (χ3v) is 4.96. The highest BCUT2D eigenvalue weighted by atomic mass is 16.5. The van der Waals surface area contributed by atoms with Gasteiger partial charge in [-0.05, 0) is 69.0 Å². The van der Waals surface area contributed by atoms with Gasteiger partial charge in [-0.1, -0.05) is 12.1 Å². The normalized spacial score (nSPS) is 11.0. The Labute approximate surface area is 188 Å². The summed E-state index contributed by atoms with van der Waals surface area (Å²) in [5, 5.41) is 4.28. The number of aryl methyl sites for hydroxylation is 1. The van der Waals surface area contributed by atoms with Crippen LogP contribution < -0.4 is 14.8 Å². The average Bonchev–Trinajstić information content (AvgIpc) is 2.79. The molecule has 2 heterocycles. The van der Waals surface area contributed by atoms with E-state index in [9.17, 15) is 0 Å². The minimum atomic E-state index is 0.429. The Morgan fingerprint density at radius 1 is 0.906 bits per heavy atom. The molecule has 4 rings (SSSR count). The molecule has 0 aliphatic carbocycles. The van der Waals surface area contributed by atoms with Crippen molar-refractivity contribution in [3.63, 3.8) is 0 Å². The third kappa shape index (κ3) is 5.31. The van der Waals surface area contributed by atoms with Crippen LogP contribution >= 0.6 is 0 Å². The zero-order chi connectivity index (χ0) is 22.3. The average molecular weight is 430 g/mol. The number of pyridine rings is 1. The summed E-state index contributed by atoms with van der Waals surface area (Å²) in [5.41, 5.74) is 3.66. The summed E-state index contributed by atoms with van der Waals surface area (Å²) < 4.78 is 12.0. The molecule has 2 aromatic heterocycles. The van der Waals surface area contributed by atoms with Gasteiger partial charge in [0.2, 0.25) is 0 Å². The van der Waals surface area contributed by atoms with Gasteiger partial charge in [-0.2, -0.15) is 0 Å². The molecule has 1 N–H and O–H groups in total. The first kappa shape index (κ1) is 21.5. The van der Waals surface area contributed by atoms with Gasteiger partial charge in [-0.3, -0.25) is 4.98 Å². The first-order valence-electron chi connectivity index (χ1n) is 10.5. The van der Waals surface area contributed by atoms with E-state index < -0.39 is 0 Å². The number of ether oxygens (including phenoxy) is 2. The number of nitrogens with one attached hydrogen (secondary N) is 1. The van der Waals surface area contributed by atoms with Crippen molar-refractivity contribution in [3.8, 4) is 11.5 Å². The topological polar surface area (TPSA) is 72.4 Å². The monoisotopic (exact) mass is 429 g/mol. The van der Waals surface area contributed by atoms with E-state index in [1.54, 1.807) is 12.5 Å². The molecule has 32 heavy (non-hydrogen) atoms. The first-order valence-corrected chi connectivity index (χ1v) is 10.5. The largest absolute Gasteiger partial charge is 0.491 e. The number of hydrogen-bond acceptors (Lipinski definition) is 7. The number of hydrogen-bond donors (Lipinski definition) is 1. The first-order chi connectivity index (χ1) is 15.6. The fourth-order valence-electron chi connectivity index (χ4n) is 3.29. The van der Waals surface area contributed by atoms with Crippen molar-refractivity contribution in [3.05, 3.63) is 78.4 Å². The molecule has 0 bridgehead atoms. The standard InChI is InChI=1S/C25H27N5O2/c1-18-15-19(10-11-22(18)32-16-20-7-4-5-12-26-20)29-25-24-21(27-17-28-25)8-6-9-23(24)31-14-13-30(2)3/h4-12,15,17H,13-14,16H2,1-3H3,(H,27,28,29). The van der Waals surface area contributed by atoms with Crippen LogP contribution in [0.5, 0.6) is 11.5 Å². The van der Waals surface area contributed by atoms with Gasteiger partial charge in [0.25, 0.3) is 0 Å². The maximum atomic E-state index is 6.04. The number of benzene rings is 2. The fourth-order valence-corrected chi connectivity index (χ4v) is 3.29. The minimum Gasteiger partial charge on any atom is -0.491 e. The van der Waals surface area contributed by atoms with Crippen LogP contribution in [-0.2, 0) is 6.61 Å². The van der Waals surface area contributed by atoms with Gasteiger partial charge in [-0.25, -0.2) is 9.97 Å². The lowest BCUT2D eigenvalue weighted by Gasteiger charge is -2.15. The second-order valence-electron chi connectivity index (χ2n) is 7.74. The van der Waals surface area contributed by atoms with E-state index in [2.05, 4.69) is 25.2 Å². The van der Waals surface area contributed by atoms with Crippen LogP contribution in [0.4, 0.5) is 11.5 Å². The molecule has 0 unspecified atom stereocenters. The number of nitrogens with zero attached hydrogens (tertiary/aromatic N) is 4. The van der Waals surface area contributed by atoms with E-state index in [1.807, 2.05) is 75.6 Å². The minimum absolute atomic E-state index is 0.429. The van der Waals surface area contributed by atoms with E-state index in [0.717, 1.165) is 45.9 Å². The molecular formula is C25H27N5O2. The Kier molecular flexibility index (Phi) is 6.77. The Balaban J connectivity index is 1.53. The summed E-state index contributed by atoms with van der Waals surface area (Å²) in [5.74, 6) is 2.29. The highest BCUT2D eigenvalue weighted by Crippen LogP contribution is 2.32. The molecule has 0 atom stereocenters. The van der Waals surface area contributed by atoms with Gasteiger partial charge in [0, 0.05) is 18.4 Å². The van der Waals surface area contributed by atoms with Gasteiger partial charge >= 0.3 is 0 Å². The number of likely N-dealkylation sites (N-methyl/N-ethyl adjacent to an activating group) is 1. The highest BCUT2D eigenvalue weighted by molar-refractivity contribution is 5.95. The smallest absolute Gasteiger partial charge is 0.145 e. The number of rotatable bonds is 9. The van der Waals surface area contributed by atoms with Crippen LogP contribution in [0.15, 0.2) is 67.1 Å². The highest BCUT2D eigenvalue weighted by Gasteiger charge is 2.11. The summed E-state index contributed by atoms with van der Waals surface area (Å²) in [6, 6.07) is 17.6. The van der Waals surface area contributed by atoms with Gasteiger partial charge in [-0.15, -0.1) is 0 Å². The van der Waals surface area contributed by atoms with Crippen LogP contribution in [0.2, 0.25) is 0 Å². The van der Waals surface area contributed by atoms with Crippen molar-refractivity contribution in [1.82, 2.24) is 19.9 Å². The van der Waals surface area contributed by atoms with E-state index in [4.69, 9.17) is 9.47 Å². The predicted molar refractivity (Wildman–Crippen MR) is 127 cm³/mol. The maximum Gasteiger partial charge on any atom is 0.145 e. The van der Waals surface area contributed by atoms with E-state index in [0.29, 0.717) is 19.0 Å². The molecule has 7 heteroatoms. The molecule has 0 radical (unpaired) electrons. The van der Waals surface area contributed by atoms with Crippen molar-refractivity contribution in [2.24, 2.45) is 0 Å². The van der Waals surface area contributed by atoms with Crippen molar-refractivity contribution >= 4 is 22.4 Å². The lowest BCUT2D eigenvalue weighted by atomic mass is 10.1. The SMILES string of the molecule is Cc1cc(Nc2ncnc3cccc(OCCN(C)C)c23)ccc1OCc1ccccn1. The van der Waals surface area contributed by atoms with E-state index in [-0.39, 0.29) is 0 Å². The molecule has 4 aromatic rings. The molecule has 0 aliphatic rings. The van der Waals surface area contributed by atoms with Crippen LogP contribution in [0.3, 0.4) is 0 Å². The Bertz CT molecular complexity index is 1180. The summed E-state index contributed by atoms with van der Waals surface area (Å²) in [4.78, 5) is 15.3. The van der Waals surface area contributed by atoms with Crippen LogP contribution in [0.1, 0.15) is 11.3 Å². The van der Waals surface area contributed by atoms with Crippen LogP contribution in [0.25, 0.3) is 10.9 Å². The molecule has 0 saturated carbocycles. The quantitative estimate of drug-likeness (QED) is 0.417. The second-order valence-corrected chi connectivity index (χ2v) is 7.74. The summed E-state index contributed by atoms with van der Waals surface area (Å²) in [7, 11) is 4.04. The van der Waals surface area contributed by atoms with E-state index >= 15 is 0 Å². The molecule has 0 saturated heterocycles. The summed E-state index contributed by atoms with van der Waals surface area (Å²) in [6.07, 6.45) is 3.33. The van der Waals surface area contributed by atoms with Crippen molar-refractivity contribution < 1.29 is 9.47 Å². The molecule has 2 aromatic carbocycles. The maximum absolute atomic E-state index is 6.04. The lowest BCUT2D eigenvalue weighted by molar-refractivity contribution is 0.263. The Morgan fingerprint density at radius 3 is 2.59 bits per heavy atom. The molecular weight excluding hydrogens is 402 g/mol. The Morgan fingerprint density at radius 2 is 1.81 bits per heavy atom. The van der Waals surface area contributed by atoms with Crippen molar-refractivity contribution in [2.75, 3.05) is 32.6 Å². The van der Waals surface area contributed by atoms with Gasteiger partial charge in [0.05, 0.1) is 16.6 Å². The van der Waals surface area contributed by atoms with Gasteiger partial charge < -0.3 is 19.7 Å². The number of anilines is 2. The van der Waals surface area contributed by atoms with Gasteiger partial charge in [0.15, 0.2) is 0 Å². The molecule has 164 valence electrons. The van der Waals surface area contributed by atoms with Crippen molar-refractivity contribution in [2.45, 2.75) is 13.5 Å². The molecule has 0 fully saturated rings. The zero-order valence-electron chi connectivity index (χ0n) is 18.6. The third-order valence-electron chi connectivity index (χ3n) is 4.96. The molecule has 7 nitrogen and oxygen atoms in total. The number of fused-ring (bicyclic) bond motifs is 1. The van der Waals surface area contributed by atoms with Crippen LogP contribution in [-0.4, -0.2) is 47.1 Å². The predicted octanol–water partition coefficient (Wildman–Crippen LogP) is 4.60. The van der Waals surface area contributed by atoms with E-state index in [1.165, 1.54) is 0 Å². The lowest BCUT2D eigenvalue weighted by Crippen LogP contribution is -2.19. The fraction of sp³-hybridized carbons (Fsp3) is 0.240. The molecule has 0 aliphatic heterocycles. The zero-order valence-corrected chi connectivity index (χ0v) is 18.6. The summed E-state index contributed by atoms with van der Waals surface area (Å²) in [6.45, 7) is 3.86.